The van der Waals surface area contributed by atoms with E-state index in [9.17, 15) is 14.9 Å². The minimum absolute atomic E-state index is 0.0648. The molecule has 0 unspecified atom stereocenters. The lowest BCUT2D eigenvalue weighted by Crippen LogP contribution is -2.25. The van der Waals surface area contributed by atoms with Crippen LogP contribution in [0.5, 0.6) is 5.75 Å². The number of carbonyl (C=O) groups excluding carboxylic acids is 1. The topological polar surface area (TPSA) is 78.7 Å². The lowest BCUT2D eigenvalue weighted by Gasteiger charge is -2.13. The van der Waals surface area contributed by atoms with Gasteiger partial charge in [-0.3, -0.25) is 10.1 Å². The van der Waals surface area contributed by atoms with E-state index in [1.807, 2.05) is 0 Å². The molecule has 0 saturated carbocycles. The number of hydrogen-bond acceptors (Lipinski definition) is 5. The van der Waals surface area contributed by atoms with Crippen LogP contribution in [-0.4, -0.2) is 24.1 Å². The van der Waals surface area contributed by atoms with Crippen molar-refractivity contribution in [3.05, 3.63) is 33.3 Å². The van der Waals surface area contributed by atoms with Gasteiger partial charge in [0.2, 0.25) is 5.75 Å². The van der Waals surface area contributed by atoms with Crippen LogP contribution >= 0.6 is 11.6 Å². The molecular formula is C10H10ClNO5. The molecule has 1 aromatic rings. The van der Waals surface area contributed by atoms with E-state index in [0.717, 1.165) is 0 Å². The van der Waals surface area contributed by atoms with Gasteiger partial charge in [0.05, 0.1) is 17.1 Å². The molecule has 7 heteroatoms. The molecule has 6 nitrogen and oxygen atoms in total. The summed E-state index contributed by atoms with van der Waals surface area (Å²) in [5.74, 6) is -0.781. The summed E-state index contributed by atoms with van der Waals surface area (Å²) in [7, 11) is 1.20. The van der Waals surface area contributed by atoms with Crippen LogP contribution in [0.3, 0.4) is 0 Å². The molecular weight excluding hydrogens is 250 g/mol. The Labute approximate surface area is 102 Å². The van der Waals surface area contributed by atoms with Crippen molar-refractivity contribution in [2.45, 2.75) is 13.0 Å². The highest BCUT2D eigenvalue weighted by atomic mass is 35.5. The summed E-state index contributed by atoms with van der Waals surface area (Å²) in [5.41, 5.74) is -0.298. The van der Waals surface area contributed by atoms with Crippen LogP contribution in [-0.2, 0) is 9.53 Å². The zero-order valence-corrected chi connectivity index (χ0v) is 9.93. The van der Waals surface area contributed by atoms with Crippen molar-refractivity contribution >= 4 is 23.3 Å². The molecule has 92 valence electrons. The first-order valence-corrected chi connectivity index (χ1v) is 5.02. The lowest BCUT2D eigenvalue weighted by molar-refractivity contribution is -0.386. The number of benzene rings is 1. The van der Waals surface area contributed by atoms with Gasteiger partial charge in [0.15, 0.2) is 6.10 Å². The summed E-state index contributed by atoms with van der Waals surface area (Å²) in [6, 6.07) is 4.11. The largest absolute Gasteiger partial charge is 0.471 e. The molecule has 0 heterocycles. The van der Waals surface area contributed by atoms with Crippen molar-refractivity contribution in [3.63, 3.8) is 0 Å². The van der Waals surface area contributed by atoms with Crippen molar-refractivity contribution < 1.29 is 19.2 Å². The van der Waals surface area contributed by atoms with Crippen molar-refractivity contribution in [2.75, 3.05) is 7.11 Å². The second-order valence-corrected chi connectivity index (χ2v) is 3.54. The Hall–Kier alpha value is -1.82. The maximum atomic E-state index is 11.1. The molecule has 1 atom stereocenters. The molecule has 0 aliphatic heterocycles. The smallest absolute Gasteiger partial charge is 0.346 e. The van der Waals surface area contributed by atoms with E-state index in [0.29, 0.717) is 0 Å². The van der Waals surface area contributed by atoms with Gasteiger partial charge in [0.25, 0.3) is 0 Å². The third-order valence-electron chi connectivity index (χ3n) is 1.97. The minimum atomic E-state index is -0.974. The van der Waals surface area contributed by atoms with Gasteiger partial charge >= 0.3 is 11.7 Å². The second kappa shape index (κ2) is 5.49. The molecule has 0 bridgehead atoms. The second-order valence-electron chi connectivity index (χ2n) is 3.13. The molecule has 0 spiro atoms. The highest BCUT2D eigenvalue weighted by Crippen LogP contribution is 2.35. The normalized spacial score (nSPS) is 11.7. The van der Waals surface area contributed by atoms with Crippen molar-refractivity contribution in [3.8, 4) is 5.75 Å². The zero-order valence-electron chi connectivity index (χ0n) is 9.18. The van der Waals surface area contributed by atoms with Crippen LogP contribution in [0.2, 0.25) is 5.02 Å². The number of para-hydroxylation sites is 1. The van der Waals surface area contributed by atoms with E-state index in [2.05, 4.69) is 4.74 Å². The third kappa shape index (κ3) is 3.07. The summed E-state index contributed by atoms with van der Waals surface area (Å²) in [6.07, 6.45) is -0.974. The van der Waals surface area contributed by atoms with Crippen LogP contribution in [0, 0.1) is 10.1 Å². The molecule has 0 N–H and O–H groups in total. The monoisotopic (exact) mass is 259 g/mol. The first-order chi connectivity index (χ1) is 7.97. The maximum Gasteiger partial charge on any atom is 0.346 e. The zero-order chi connectivity index (χ0) is 13.0. The maximum absolute atomic E-state index is 11.1. The van der Waals surface area contributed by atoms with E-state index in [1.54, 1.807) is 0 Å². The number of nitro groups is 1. The number of methoxy groups -OCH3 is 1. The van der Waals surface area contributed by atoms with Gasteiger partial charge in [-0.15, -0.1) is 0 Å². The summed E-state index contributed by atoms with van der Waals surface area (Å²) >= 11 is 5.78. The van der Waals surface area contributed by atoms with Crippen molar-refractivity contribution in [2.24, 2.45) is 0 Å². The van der Waals surface area contributed by atoms with E-state index < -0.39 is 17.0 Å². The molecule has 0 amide bonds. The molecule has 0 radical (unpaired) electrons. The van der Waals surface area contributed by atoms with Crippen LogP contribution in [0.1, 0.15) is 6.92 Å². The van der Waals surface area contributed by atoms with Crippen LogP contribution in [0.25, 0.3) is 0 Å². The molecule has 0 fully saturated rings. The number of ether oxygens (including phenoxy) is 2. The Morgan fingerprint density at radius 3 is 2.71 bits per heavy atom. The van der Waals surface area contributed by atoms with Gasteiger partial charge in [-0.2, -0.15) is 0 Å². The van der Waals surface area contributed by atoms with Gasteiger partial charge in [0, 0.05) is 6.07 Å². The van der Waals surface area contributed by atoms with Crippen molar-refractivity contribution in [1.82, 2.24) is 0 Å². The Balaban J connectivity index is 3.05. The third-order valence-corrected chi connectivity index (χ3v) is 2.27. The van der Waals surface area contributed by atoms with E-state index >= 15 is 0 Å². The number of halogens is 1. The highest BCUT2D eigenvalue weighted by Gasteiger charge is 2.23. The van der Waals surface area contributed by atoms with Gasteiger partial charge in [0.1, 0.15) is 0 Å². The van der Waals surface area contributed by atoms with Gasteiger partial charge in [-0.05, 0) is 13.0 Å². The van der Waals surface area contributed by atoms with E-state index in [1.165, 1.54) is 32.2 Å². The molecule has 0 aromatic heterocycles. The van der Waals surface area contributed by atoms with Gasteiger partial charge in [-0.25, -0.2) is 4.79 Å². The Bertz CT molecular complexity index is 448. The molecule has 17 heavy (non-hydrogen) atoms. The van der Waals surface area contributed by atoms with Crippen LogP contribution in [0.4, 0.5) is 5.69 Å². The summed E-state index contributed by atoms with van der Waals surface area (Å²) in [6.45, 7) is 1.42. The lowest BCUT2D eigenvalue weighted by atomic mass is 10.3. The number of nitrogens with zero attached hydrogens (tertiary/aromatic N) is 1. The molecule has 1 rings (SSSR count). The van der Waals surface area contributed by atoms with Gasteiger partial charge in [-0.1, -0.05) is 17.7 Å². The predicted octanol–water partition coefficient (Wildman–Crippen LogP) is 2.19. The standard InChI is InChI=1S/C10H10ClNO5/c1-6(10(13)16-2)17-9-7(11)4-3-5-8(9)12(14)15/h3-6H,1-2H3/t6-/m1/s1. The Morgan fingerprint density at radius 2 is 2.18 bits per heavy atom. The van der Waals surface area contributed by atoms with Gasteiger partial charge < -0.3 is 9.47 Å². The fourth-order valence-electron chi connectivity index (χ4n) is 1.15. The Kier molecular flexibility index (Phi) is 4.28. The molecule has 1 aromatic carbocycles. The SMILES string of the molecule is COC(=O)[C@@H](C)Oc1c(Cl)cccc1[N+](=O)[O-]. The number of esters is 1. The fourth-order valence-corrected chi connectivity index (χ4v) is 1.36. The number of nitro benzene ring substituents is 1. The molecule has 0 aliphatic rings. The quantitative estimate of drug-likeness (QED) is 0.470. The molecule has 0 aliphatic carbocycles. The number of rotatable bonds is 4. The first kappa shape index (κ1) is 13.2. The average Bonchev–Trinajstić information content (AvgIpc) is 2.30. The van der Waals surface area contributed by atoms with Crippen LogP contribution in [0.15, 0.2) is 18.2 Å². The van der Waals surface area contributed by atoms with E-state index in [-0.39, 0.29) is 16.5 Å². The first-order valence-electron chi connectivity index (χ1n) is 4.64. The summed E-state index contributed by atoms with van der Waals surface area (Å²) in [5, 5.41) is 10.8. The van der Waals surface area contributed by atoms with Crippen molar-refractivity contribution in [1.29, 1.82) is 0 Å². The average molecular weight is 260 g/mol. The number of hydrogen-bond donors (Lipinski definition) is 0. The fraction of sp³-hybridized carbons (Fsp3) is 0.300. The molecule has 0 saturated heterocycles. The van der Waals surface area contributed by atoms with E-state index in [4.69, 9.17) is 16.3 Å². The summed E-state index contributed by atoms with van der Waals surface area (Å²) < 4.78 is 9.59. The number of carbonyl (C=O) groups is 1. The minimum Gasteiger partial charge on any atom is -0.471 e. The Morgan fingerprint density at radius 1 is 1.53 bits per heavy atom. The highest BCUT2D eigenvalue weighted by molar-refractivity contribution is 6.32. The van der Waals surface area contributed by atoms with Crippen LogP contribution < -0.4 is 4.74 Å². The summed E-state index contributed by atoms with van der Waals surface area (Å²) in [4.78, 5) is 21.3. The predicted molar refractivity (Wildman–Crippen MR) is 60.2 cm³/mol.